The molecule has 3 N–H and O–H groups in total. The minimum Gasteiger partial charge on any atom is -0.369 e. The highest BCUT2D eigenvalue weighted by atomic mass is 35.5. The molecule has 0 unspecified atom stereocenters. The number of alkyl halides is 2. The summed E-state index contributed by atoms with van der Waals surface area (Å²) >= 11 is 11.6. The number of nitrogen functional groups attached to an aromatic ring is 1. The zero-order valence-electron chi connectivity index (χ0n) is 13.2. The summed E-state index contributed by atoms with van der Waals surface area (Å²) in [6.07, 6.45) is 1.68. The van der Waals surface area contributed by atoms with E-state index in [1.165, 1.54) is 4.68 Å². The third-order valence-corrected chi connectivity index (χ3v) is 3.55. The number of halogens is 3. The zero-order valence-corrected chi connectivity index (χ0v) is 15.5. The van der Waals surface area contributed by atoms with Crippen LogP contribution in [0.15, 0.2) is 29.4 Å². The fourth-order valence-electron chi connectivity index (χ4n) is 1.96. The van der Waals surface area contributed by atoms with Gasteiger partial charge in [0, 0.05) is 30.5 Å². The number of benzene rings is 1. The van der Waals surface area contributed by atoms with Crippen LogP contribution in [0.2, 0.25) is 0 Å². The molecule has 7 nitrogen and oxygen atoms in total. The molecule has 2 rings (SSSR count). The Morgan fingerprint density at radius 2 is 1.83 bits per heavy atom. The van der Waals surface area contributed by atoms with E-state index in [-0.39, 0.29) is 12.4 Å². The molecule has 2 aromatic rings. The molecule has 10 heteroatoms. The van der Waals surface area contributed by atoms with Crippen LogP contribution in [-0.4, -0.2) is 45.9 Å². The van der Waals surface area contributed by atoms with Crippen LogP contribution in [0.1, 0.15) is 11.4 Å². The predicted octanol–water partition coefficient (Wildman–Crippen LogP) is 2.45. The van der Waals surface area contributed by atoms with Crippen molar-refractivity contribution in [3.05, 3.63) is 35.7 Å². The highest BCUT2D eigenvalue weighted by Crippen LogP contribution is 2.15. The van der Waals surface area contributed by atoms with Gasteiger partial charge in [0.2, 0.25) is 0 Å². The Morgan fingerprint density at radius 3 is 2.33 bits per heavy atom. The molecule has 1 heterocycles. The maximum atomic E-state index is 5.82. The van der Waals surface area contributed by atoms with Gasteiger partial charge in [-0.3, -0.25) is 0 Å². The van der Waals surface area contributed by atoms with E-state index >= 15 is 0 Å². The van der Waals surface area contributed by atoms with Crippen LogP contribution in [0, 0.1) is 6.92 Å². The summed E-state index contributed by atoms with van der Waals surface area (Å²) in [4.78, 5) is 2.14. The second-order valence-electron chi connectivity index (χ2n) is 4.77. The molecule has 0 amide bonds. The Bertz CT molecular complexity index is 636. The maximum Gasteiger partial charge on any atom is 0.263 e. The quantitative estimate of drug-likeness (QED) is 0.312. The van der Waals surface area contributed by atoms with Gasteiger partial charge >= 0.3 is 0 Å². The normalized spacial score (nSPS) is 10.6. The third kappa shape index (κ3) is 5.43. The van der Waals surface area contributed by atoms with Crippen molar-refractivity contribution in [2.45, 2.75) is 6.92 Å². The van der Waals surface area contributed by atoms with E-state index in [0.717, 1.165) is 24.3 Å². The standard InChI is InChI=1S/C14H19Cl2N7.ClH/c1-11-19-21-14(23(11)17)20-18-10-12-2-4-13(5-3-12)22(8-6-15)9-7-16;/h2-5,10H,6-9,17H2,1H3,(H,20,21);1H. The highest BCUT2D eigenvalue weighted by Gasteiger charge is 2.05. The Kier molecular flexibility index (Phi) is 8.67. The van der Waals surface area contributed by atoms with Gasteiger partial charge in [-0.2, -0.15) is 5.10 Å². The number of nitrogens with zero attached hydrogens (tertiary/aromatic N) is 5. The van der Waals surface area contributed by atoms with E-state index in [4.69, 9.17) is 29.0 Å². The Hall–Kier alpha value is -1.70. The molecule has 0 aliphatic carbocycles. The molecule has 0 spiro atoms. The molecule has 1 aromatic heterocycles. The maximum absolute atomic E-state index is 5.82. The van der Waals surface area contributed by atoms with Gasteiger partial charge in [0.25, 0.3) is 5.95 Å². The number of aromatic nitrogens is 3. The summed E-state index contributed by atoms with van der Waals surface area (Å²) < 4.78 is 1.33. The summed E-state index contributed by atoms with van der Waals surface area (Å²) in [5.41, 5.74) is 4.77. The van der Waals surface area contributed by atoms with Gasteiger partial charge in [-0.15, -0.1) is 45.8 Å². The molecule has 0 fully saturated rings. The summed E-state index contributed by atoms with van der Waals surface area (Å²) in [6.45, 7) is 3.28. The van der Waals surface area contributed by atoms with Gasteiger partial charge in [0.15, 0.2) is 5.82 Å². The number of hydrogen-bond donors (Lipinski definition) is 2. The molecule has 0 aliphatic heterocycles. The van der Waals surface area contributed by atoms with E-state index in [1.54, 1.807) is 13.1 Å². The van der Waals surface area contributed by atoms with Crippen LogP contribution >= 0.6 is 35.6 Å². The number of aryl methyl sites for hydroxylation is 1. The van der Waals surface area contributed by atoms with Gasteiger partial charge in [-0.25, -0.2) is 10.1 Å². The Balaban J connectivity index is 0.00000288. The number of hydrogen-bond acceptors (Lipinski definition) is 6. The lowest BCUT2D eigenvalue weighted by atomic mass is 10.2. The minimum absolute atomic E-state index is 0. The molecule has 0 saturated carbocycles. The first-order valence-electron chi connectivity index (χ1n) is 7.09. The molecule has 0 saturated heterocycles. The van der Waals surface area contributed by atoms with Crippen molar-refractivity contribution in [2.24, 2.45) is 5.10 Å². The molecule has 0 atom stereocenters. The molecular formula is C14H20Cl3N7. The molecule has 0 radical (unpaired) electrons. The summed E-state index contributed by atoms with van der Waals surface area (Å²) in [6, 6.07) is 7.95. The largest absolute Gasteiger partial charge is 0.369 e. The molecule has 0 bridgehead atoms. The second-order valence-corrected chi connectivity index (χ2v) is 5.52. The average Bonchev–Trinajstić information content (AvgIpc) is 2.87. The lowest BCUT2D eigenvalue weighted by Gasteiger charge is -2.22. The monoisotopic (exact) mass is 391 g/mol. The third-order valence-electron chi connectivity index (χ3n) is 3.21. The van der Waals surface area contributed by atoms with Crippen molar-refractivity contribution < 1.29 is 0 Å². The van der Waals surface area contributed by atoms with Crippen LogP contribution in [-0.2, 0) is 0 Å². The van der Waals surface area contributed by atoms with Crippen LogP contribution < -0.4 is 16.2 Å². The van der Waals surface area contributed by atoms with Crippen molar-refractivity contribution in [1.82, 2.24) is 14.9 Å². The lowest BCUT2D eigenvalue weighted by Crippen LogP contribution is -2.27. The summed E-state index contributed by atoms with van der Waals surface area (Å²) in [5.74, 6) is 7.82. The first-order chi connectivity index (χ1) is 11.2. The zero-order chi connectivity index (χ0) is 16.7. The van der Waals surface area contributed by atoms with Crippen molar-refractivity contribution in [2.75, 3.05) is 41.0 Å². The number of anilines is 2. The van der Waals surface area contributed by atoms with Gasteiger partial charge in [0.05, 0.1) is 6.21 Å². The van der Waals surface area contributed by atoms with Gasteiger partial charge in [-0.05, 0) is 24.6 Å². The lowest BCUT2D eigenvalue weighted by molar-refractivity contribution is 0.874. The number of nitrogens with one attached hydrogen (secondary N) is 1. The number of rotatable bonds is 8. The van der Waals surface area contributed by atoms with Gasteiger partial charge in [-0.1, -0.05) is 12.1 Å². The van der Waals surface area contributed by atoms with Crippen molar-refractivity contribution in [3.8, 4) is 0 Å². The van der Waals surface area contributed by atoms with Crippen LogP contribution in [0.25, 0.3) is 0 Å². The first kappa shape index (κ1) is 20.3. The van der Waals surface area contributed by atoms with Crippen LogP contribution in [0.4, 0.5) is 11.6 Å². The molecule has 24 heavy (non-hydrogen) atoms. The van der Waals surface area contributed by atoms with Crippen molar-refractivity contribution in [3.63, 3.8) is 0 Å². The Labute approximate surface area is 157 Å². The molecule has 132 valence electrons. The highest BCUT2D eigenvalue weighted by molar-refractivity contribution is 6.18. The average molecular weight is 393 g/mol. The molecule has 0 aliphatic rings. The van der Waals surface area contributed by atoms with Crippen molar-refractivity contribution in [1.29, 1.82) is 0 Å². The van der Waals surface area contributed by atoms with Crippen molar-refractivity contribution >= 4 is 53.5 Å². The first-order valence-corrected chi connectivity index (χ1v) is 8.15. The second kappa shape index (κ2) is 10.2. The fourth-order valence-corrected chi connectivity index (χ4v) is 2.36. The fraction of sp³-hybridized carbons (Fsp3) is 0.357. The molecular weight excluding hydrogens is 373 g/mol. The SMILES string of the molecule is Cc1nnc(NN=Cc2ccc(N(CCCl)CCCl)cc2)n1N.Cl. The minimum atomic E-state index is 0. The number of nitrogens with two attached hydrogens (primary N) is 1. The number of hydrazone groups is 1. The topological polar surface area (TPSA) is 84.4 Å². The van der Waals surface area contributed by atoms with E-state index in [2.05, 4.69) is 25.6 Å². The van der Waals surface area contributed by atoms with E-state index < -0.39 is 0 Å². The van der Waals surface area contributed by atoms with E-state index in [1.807, 2.05) is 24.3 Å². The Morgan fingerprint density at radius 1 is 1.21 bits per heavy atom. The summed E-state index contributed by atoms with van der Waals surface area (Å²) in [7, 11) is 0. The smallest absolute Gasteiger partial charge is 0.263 e. The summed E-state index contributed by atoms with van der Waals surface area (Å²) in [5, 5.41) is 11.8. The predicted molar refractivity (Wildman–Crippen MR) is 103 cm³/mol. The van der Waals surface area contributed by atoms with Crippen LogP contribution in [0.3, 0.4) is 0 Å². The van der Waals surface area contributed by atoms with Crippen LogP contribution in [0.5, 0.6) is 0 Å². The van der Waals surface area contributed by atoms with E-state index in [0.29, 0.717) is 23.5 Å². The molecule has 1 aromatic carbocycles. The van der Waals surface area contributed by atoms with Gasteiger partial charge < -0.3 is 10.7 Å². The van der Waals surface area contributed by atoms with Gasteiger partial charge in [0.1, 0.15) is 0 Å². The van der Waals surface area contributed by atoms with E-state index in [9.17, 15) is 0 Å².